The number of hydrogen-bond acceptors (Lipinski definition) is 3. The molecule has 0 unspecified atom stereocenters. The number of rotatable bonds is 5. The highest BCUT2D eigenvalue weighted by Crippen LogP contribution is 2.27. The van der Waals surface area contributed by atoms with Crippen molar-refractivity contribution in [1.29, 1.82) is 0 Å². The van der Waals surface area contributed by atoms with Crippen LogP contribution in [0.3, 0.4) is 0 Å². The molecule has 2 N–H and O–H groups in total. The molecular formula is C17H25FN4O2. The van der Waals surface area contributed by atoms with Crippen LogP contribution < -0.4 is 5.32 Å². The number of nitrogens with one attached hydrogen (secondary N) is 2. The molecule has 1 aromatic rings. The van der Waals surface area contributed by atoms with E-state index in [1.165, 1.54) is 4.90 Å². The monoisotopic (exact) mass is 336 g/mol. The summed E-state index contributed by atoms with van der Waals surface area (Å²) in [5, 5.41) is 2.72. The van der Waals surface area contributed by atoms with E-state index >= 15 is 0 Å². The molecule has 1 atom stereocenters. The van der Waals surface area contributed by atoms with Crippen molar-refractivity contribution in [3.8, 4) is 0 Å². The fraction of sp³-hybridized carbons (Fsp3) is 0.647. The number of hydrogen-bond donors (Lipinski definition) is 2. The predicted molar refractivity (Wildman–Crippen MR) is 88.5 cm³/mol. The third-order valence-electron chi connectivity index (χ3n) is 5.02. The van der Waals surface area contributed by atoms with Crippen molar-refractivity contribution in [2.75, 3.05) is 39.8 Å². The molecule has 132 valence electrons. The van der Waals surface area contributed by atoms with Crippen LogP contribution in [0.4, 0.5) is 4.39 Å². The fourth-order valence-corrected chi connectivity index (χ4v) is 3.49. The van der Waals surface area contributed by atoms with E-state index in [0.717, 1.165) is 31.5 Å². The maximum absolute atomic E-state index is 14.6. The Morgan fingerprint density at radius 3 is 2.79 bits per heavy atom. The predicted octanol–water partition coefficient (Wildman–Crippen LogP) is 0.809. The minimum Gasteiger partial charge on any atom is -0.367 e. The van der Waals surface area contributed by atoms with Crippen LogP contribution in [0.5, 0.6) is 0 Å². The Morgan fingerprint density at radius 1 is 1.42 bits per heavy atom. The standard InChI is InChI=1S/C17H25FN4O2/c1-3-12-6-19-7-14(12)16(24)22-10-17(18,11-22)9-20-15(23)13-4-5-21(2)8-13/h6-7,13,19H,3-5,8-11H2,1-2H3,(H,20,23)/t13-/m0/s1. The average Bonchev–Trinajstić information content (AvgIpc) is 3.17. The summed E-state index contributed by atoms with van der Waals surface area (Å²) < 4.78 is 14.6. The molecule has 0 bridgehead atoms. The average molecular weight is 336 g/mol. The van der Waals surface area contributed by atoms with Gasteiger partial charge in [0.25, 0.3) is 5.91 Å². The number of nitrogens with zero attached hydrogens (tertiary/aromatic N) is 2. The molecule has 0 saturated carbocycles. The second kappa shape index (κ2) is 6.55. The van der Waals surface area contributed by atoms with Crippen LogP contribution in [0.15, 0.2) is 12.4 Å². The lowest BCUT2D eigenvalue weighted by Crippen LogP contribution is -2.65. The zero-order valence-electron chi connectivity index (χ0n) is 14.3. The van der Waals surface area contributed by atoms with Crippen molar-refractivity contribution in [3.05, 3.63) is 23.5 Å². The summed E-state index contributed by atoms with van der Waals surface area (Å²) in [7, 11) is 1.98. The van der Waals surface area contributed by atoms with Gasteiger partial charge >= 0.3 is 0 Å². The Hall–Kier alpha value is -1.89. The molecule has 3 rings (SSSR count). The number of amides is 2. The van der Waals surface area contributed by atoms with Crippen molar-refractivity contribution in [2.24, 2.45) is 5.92 Å². The van der Waals surface area contributed by atoms with E-state index in [-0.39, 0.29) is 37.4 Å². The van der Waals surface area contributed by atoms with Crippen LogP contribution in [0.25, 0.3) is 0 Å². The van der Waals surface area contributed by atoms with Crippen molar-refractivity contribution in [3.63, 3.8) is 0 Å². The van der Waals surface area contributed by atoms with E-state index in [2.05, 4.69) is 15.2 Å². The van der Waals surface area contributed by atoms with Crippen LogP contribution in [-0.4, -0.2) is 72.0 Å². The molecule has 7 heteroatoms. The molecule has 0 spiro atoms. The zero-order valence-corrected chi connectivity index (χ0v) is 14.3. The van der Waals surface area contributed by atoms with Crippen LogP contribution in [0.2, 0.25) is 0 Å². The van der Waals surface area contributed by atoms with Crippen molar-refractivity contribution < 1.29 is 14.0 Å². The first kappa shape index (κ1) is 17.0. The van der Waals surface area contributed by atoms with Gasteiger partial charge in [-0.1, -0.05) is 6.92 Å². The summed E-state index contributed by atoms with van der Waals surface area (Å²) >= 11 is 0. The number of aromatic nitrogens is 1. The molecule has 2 aliphatic heterocycles. The summed E-state index contributed by atoms with van der Waals surface area (Å²) in [6.07, 6.45) is 5.04. The maximum Gasteiger partial charge on any atom is 0.255 e. The molecule has 2 amide bonds. The SMILES string of the molecule is CCc1c[nH]cc1C(=O)N1CC(F)(CNC(=O)[C@H]2CCN(C)C2)C1. The minimum absolute atomic E-state index is 0.0242. The number of aryl methyl sites for hydroxylation is 1. The number of H-pyrrole nitrogens is 1. The Labute approximate surface area is 141 Å². The van der Waals surface area contributed by atoms with Gasteiger partial charge in [-0.05, 0) is 32.0 Å². The van der Waals surface area contributed by atoms with Crippen LogP contribution in [0.1, 0.15) is 29.3 Å². The normalized spacial score (nSPS) is 23.1. The van der Waals surface area contributed by atoms with Gasteiger partial charge in [-0.25, -0.2) is 4.39 Å². The molecule has 3 heterocycles. The number of halogens is 1. The van der Waals surface area contributed by atoms with E-state index in [1.54, 1.807) is 12.4 Å². The number of carbonyl (C=O) groups excluding carboxylic acids is 2. The van der Waals surface area contributed by atoms with Gasteiger partial charge in [0.1, 0.15) is 0 Å². The van der Waals surface area contributed by atoms with E-state index < -0.39 is 5.67 Å². The maximum atomic E-state index is 14.6. The van der Waals surface area contributed by atoms with Crippen LogP contribution in [0, 0.1) is 5.92 Å². The Bertz CT molecular complexity index is 624. The van der Waals surface area contributed by atoms with E-state index in [4.69, 9.17) is 0 Å². The lowest BCUT2D eigenvalue weighted by atomic mass is 9.94. The summed E-state index contributed by atoms with van der Waals surface area (Å²) in [5.74, 6) is -0.284. The Kier molecular flexibility index (Phi) is 4.62. The van der Waals surface area contributed by atoms with Gasteiger partial charge in [0.05, 0.1) is 31.1 Å². The largest absolute Gasteiger partial charge is 0.367 e. The molecule has 0 aromatic carbocycles. The molecule has 6 nitrogen and oxygen atoms in total. The molecule has 2 aliphatic rings. The van der Waals surface area contributed by atoms with Crippen molar-refractivity contribution in [2.45, 2.75) is 25.4 Å². The summed E-state index contributed by atoms with van der Waals surface area (Å²) in [4.78, 5) is 31.0. The summed E-state index contributed by atoms with van der Waals surface area (Å²) in [6, 6.07) is 0. The number of carbonyl (C=O) groups is 2. The molecule has 2 saturated heterocycles. The van der Waals surface area contributed by atoms with Gasteiger partial charge in [-0.2, -0.15) is 0 Å². The lowest BCUT2D eigenvalue weighted by molar-refractivity contribution is -0.126. The lowest BCUT2D eigenvalue weighted by Gasteiger charge is -2.44. The number of aromatic amines is 1. The fourth-order valence-electron chi connectivity index (χ4n) is 3.49. The van der Waals surface area contributed by atoms with Gasteiger partial charge in [0.15, 0.2) is 5.67 Å². The van der Waals surface area contributed by atoms with Gasteiger partial charge in [-0.3, -0.25) is 9.59 Å². The first-order valence-electron chi connectivity index (χ1n) is 8.52. The Morgan fingerprint density at radius 2 is 2.17 bits per heavy atom. The van der Waals surface area contributed by atoms with Crippen LogP contribution in [-0.2, 0) is 11.2 Å². The first-order chi connectivity index (χ1) is 11.4. The third kappa shape index (κ3) is 3.31. The zero-order chi connectivity index (χ0) is 17.3. The molecule has 0 radical (unpaired) electrons. The second-order valence-electron chi connectivity index (χ2n) is 7.03. The van der Waals surface area contributed by atoms with Crippen LogP contribution >= 0.6 is 0 Å². The quantitative estimate of drug-likeness (QED) is 0.836. The smallest absolute Gasteiger partial charge is 0.255 e. The summed E-state index contributed by atoms with van der Waals surface area (Å²) in [6.45, 7) is 3.64. The van der Waals surface area contributed by atoms with Gasteiger partial charge < -0.3 is 20.1 Å². The van der Waals surface area contributed by atoms with E-state index in [0.29, 0.717) is 5.56 Å². The first-order valence-corrected chi connectivity index (χ1v) is 8.52. The number of likely N-dealkylation sites (tertiary alicyclic amines) is 2. The topological polar surface area (TPSA) is 68.4 Å². The van der Waals surface area contributed by atoms with E-state index in [1.807, 2.05) is 14.0 Å². The second-order valence-corrected chi connectivity index (χ2v) is 7.03. The molecule has 2 fully saturated rings. The number of alkyl halides is 1. The van der Waals surface area contributed by atoms with Crippen molar-refractivity contribution in [1.82, 2.24) is 20.1 Å². The minimum atomic E-state index is -1.52. The Balaban J connectivity index is 1.48. The molecular weight excluding hydrogens is 311 g/mol. The molecule has 1 aromatic heterocycles. The highest BCUT2D eigenvalue weighted by Gasteiger charge is 2.46. The summed E-state index contributed by atoms with van der Waals surface area (Å²) in [5.41, 5.74) is 0.0333. The molecule has 24 heavy (non-hydrogen) atoms. The highest BCUT2D eigenvalue weighted by atomic mass is 19.1. The highest BCUT2D eigenvalue weighted by molar-refractivity contribution is 5.96. The third-order valence-corrected chi connectivity index (χ3v) is 5.02. The van der Waals surface area contributed by atoms with Crippen molar-refractivity contribution >= 4 is 11.8 Å². The van der Waals surface area contributed by atoms with Gasteiger partial charge in [-0.15, -0.1) is 0 Å². The van der Waals surface area contributed by atoms with E-state index in [9.17, 15) is 14.0 Å². The van der Waals surface area contributed by atoms with Gasteiger partial charge in [0, 0.05) is 18.9 Å². The van der Waals surface area contributed by atoms with Gasteiger partial charge in [0.2, 0.25) is 5.91 Å². The molecule has 0 aliphatic carbocycles.